The van der Waals surface area contributed by atoms with Gasteiger partial charge in [-0.2, -0.15) is 0 Å². The van der Waals surface area contributed by atoms with E-state index in [0.29, 0.717) is 11.3 Å². The van der Waals surface area contributed by atoms with Crippen LogP contribution in [-0.4, -0.2) is 5.91 Å². The van der Waals surface area contributed by atoms with Crippen molar-refractivity contribution in [3.8, 4) is 0 Å². The van der Waals surface area contributed by atoms with Crippen molar-refractivity contribution in [3.05, 3.63) is 71.3 Å². The number of para-hydroxylation sites is 1. The van der Waals surface area contributed by atoms with E-state index in [4.69, 9.17) is 0 Å². The van der Waals surface area contributed by atoms with Crippen LogP contribution in [0.3, 0.4) is 0 Å². The average Bonchev–Trinajstić information content (AvgIpc) is 2.38. The molecule has 1 N–H and O–H groups in total. The number of benzene rings is 2. The van der Waals surface area contributed by atoms with Crippen molar-refractivity contribution in [1.29, 1.82) is 0 Å². The van der Waals surface area contributed by atoms with Crippen LogP contribution in [0.4, 0.5) is 10.1 Å². The highest BCUT2D eigenvalue weighted by atomic mass is 19.1. The molecule has 0 aliphatic heterocycles. The molecule has 0 aromatic heterocycles. The summed E-state index contributed by atoms with van der Waals surface area (Å²) in [5.74, 6) is -1.02. The summed E-state index contributed by atoms with van der Waals surface area (Å²) in [7, 11) is 0. The molecular formula is C17H16FNO. The lowest BCUT2D eigenvalue weighted by atomic mass is 10.1. The average molecular weight is 269 g/mol. The molecule has 20 heavy (non-hydrogen) atoms. The maximum absolute atomic E-state index is 14.0. The van der Waals surface area contributed by atoms with Gasteiger partial charge in [-0.3, -0.25) is 4.79 Å². The first-order valence-electron chi connectivity index (χ1n) is 6.36. The number of carbonyl (C=O) groups excluding carboxylic acids is 1. The topological polar surface area (TPSA) is 29.1 Å². The van der Waals surface area contributed by atoms with E-state index in [2.05, 4.69) is 5.32 Å². The molecule has 3 heteroatoms. The summed E-state index contributed by atoms with van der Waals surface area (Å²) in [6, 6.07) is 14.4. The Bertz CT molecular complexity index is 627. The van der Waals surface area contributed by atoms with Crippen LogP contribution in [0.25, 0.3) is 5.83 Å². The van der Waals surface area contributed by atoms with Crippen LogP contribution in [0.5, 0.6) is 0 Å². The van der Waals surface area contributed by atoms with Gasteiger partial charge >= 0.3 is 0 Å². The van der Waals surface area contributed by atoms with E-state index in [0.717, 1.165) is 17.2 Å². The number of nitrogens with one attached hydrogen (secondary N) is 1. The number of aryl methyl sites for hydroxylation is 2. The molecule has 0 aliphatic rings. The molecule has 0 saturated carbocycles. The smallest absolute Gasteiger partial charge is 0.251 e. The highest BCUT2D eigenvalue weighted by Crippen LogP contribution is 2.19. The molecule has 0 saturated heterocycles. The fourth-order valence-corrected chi connectivity index (χ4v) is 2.01. The number of carbonyl (C=O) groups is 1. The Morgan fingerprint density at radius 1 is 1.05 bits per heavy atom. The predicted octanol–water partition coefficient (Wildman–Crippen LogP) is 4.25. The number of anilines is 1. The van der Waals surface area contributed by atoms with E-state index < -0.39 is 11.7 Å². The minimum atomic E-state index is -0.537. The summed E-state index contributed by atoms with van der Waals surface area (Å²) < 4.78 is 14.0. The van der Waals surface area contributed by atoms with Gasteiger partial charge in [0, 0.05) is 17.3 Å². The quantitative estimate of drug-likeness (QED) is 0.829. The second-order valence-electron chi connectivity index (χ2n) is 4.72. The third-order valence-corrected chi connectivity index (χ3v) is 2.80. The summed E-state index contributed by atoms with van der Waals surface area (Å²) in [6.45, 7) is 3.79. The zero-order valence-corrected chi connectivity index (χ0v) is 11.5. The molecule has 0 aliphatic carbocycles. The lowest BCUT2D eigenvalue weighted by Gasteiger charge is -2.04. The van der Waals surface area contributed by atoms with Crippen molar-refractivity contribution >= 4 is 17.4 Å². The highest BCUT2D eigenvalue weighted by molar-refractivity contribution is 6.03. The summed E-state index contributed by atoms with van der Waals surface area (Å²) >= 11 is 0. The Morgan fingerprint density at radius 2 is 1.65 bits per heavy atom. The summed E-state index contributed by atoms with van der Waals surface area (Å²) in [5.41, 5.74) is 2.99. The predicted molar refractivity (Wildman–Crippen MR) is 80.1 cm³/mol. The molecule has 2 nitrogen and oxygen atoms in total. The van der Waals surface area contributed by atoms with E-state index in [1.165, 1.54) is 0 Å². The van der Waals surface area contributed by atoms with E-state index in [1.807, 2.05) is 26.0 Å². The maximum atomic E-state index is 14.0. The van der Waals surface area contributed by atoms with Gasteiger partial charge in [0.05, 0.1) is 0 Å². The van der Waals surface area contributed by atoms with E-state index in [-0.39, 0.29) is 0 Å². The molecule has 0 bridgehead atoms. The minimum Gasteiger partial charge on any atom is -0.322 e. The second kappa shape index (κ2) is 6.15. The molecule has 0 radical (unpaired) electrons. The monoisotopic (exact) mass is 269 g/mol. The van der Waals surface area contributed by atoms with E-state index >= 15 is 0 Å². The first-order chi connectivity index (χ1) is 9.54. The lowest BCUT2D eigenvalue weighted by Crippen LogP contribution is -2.08. The number of halogens is 1. The molecule has 1 amide bonds. The van der Waals surface area contributed by atoms with Crippen molar-refractivity contribution < 1.29 is 9.18 Å². The van der Waals surface area contributed by atoms with Crippen LogP contribution in [0.1, 0.15) is 16.7 Å². The standard InChI is InChI=1S/C17H16FNO/c1-12-8-13(2)10-14(9-12)16(18)11-17(20)19-15-6-4-3-5-7-15/h3-11H,1-2H3,(H,19,20)/b16-11+. The first-order valence-corrected chi connectivity index (χ1v) is 6.36. The number of hydrogen-bond acceptors (Lipinski definition) is 1. The summed E-state index contributed by atoms with van der Waals surface area (Å²) in [4.78, 5) is 11.7. The van der Waals surface area contributed by atoms with Crippen LogP contribution in [0.15, 0.2) is 54.6 Å². The van der Waals surface area contributed by atoms with Crippen LogP contribution in [-0.2, 0) is 4.79 Å². The van der Waals surface area contributed by atoms with Crippen LogP contribution in [0.2, 0.25) is 0 Å². The molecule has 2 rings (SSSR count). The lowest BCUT2D eigenvalue weighted by molar-refractivity contribution is -0.111. The Hall–Kier alpha value is -2.42. The molecule has 2 aromatic rings. The number of hydrogen-bond donors (Lipinski definition) is 1. The third kappa shape index (κ3) is 3.79. The molecule has 0 unspecified atom stereocenters. The molecule has 0 spiro atoms. The fraction of sp³-hybridized carbons (Fsp3) is 0.118. The molecule has 0 atom stereocenters. The van der Waals surface area contributed by atoms with Crippen LogP contribution >= 0.6 is 0 Å². The molecule has 2 aromatic carbocycles. The van der Waals surface area contributed by atoms with E-state index in [1.54, 1.807) is 36.4 Å². The SMILES string of the molecule is Cc1cc(C)cc(/C(F)=C\C(=O)Nc2ccccc2)c1. The fourth-order valence-electron chi connectivity index (χ4n) is 2.01. The largest absolute Gasteiger partial charge is 0.322 e. The Morgan fingerprint density at radius 3 is 2.25 bits per heavy atom. The van der Waals surface area contributed by atoms with Crippen molar-refractivity contribution in [2.75, 3.05) is 5.32 Å². The van der Waals surface area contributed by atoms with Crippen LogP contribution in [0, 0.1) is 13.8 Å². The Labute approximate surface area is 118 Å². The minimum absolute atomic E-state index is 0.422. The van der Waals surface area contributed by atoms with Crippen molar-refractivity contribution in [2.24, 2.45) is 0 Å². The van der Waals surface area contributed by atoms with Gasteiger partial charge in [0.2, 0.25) is 0 Å². The Kier molecular flexibility index (Phi) is 4.31. The van der Waals surface area contributed by atoms with E-state index in [9.17, 15) is 9.18 Å². The summed E-state index contributed by atoms with van der Waals surface area (Å²) in [6.07, 6.45) is 0.973. The van der Waals surface area contributed by atoms with Gasteiger partial charge in [0.15, 0.2) is 0 Å². The van der Waals surface area contributed by atoms with Gasteiger partial charge in [0.1, 0.15) is 5.83 Å². The normalized spacial score (nSPS) is 11.2. The van der Waals surface area contributed by atoms with Crippen molar-refractivity contribution in [1.82, 2.24) is 0 Å². The highest BCUT2D eigenvalue weighted by Gasteiger charge is 2.06. The van der Waals surface area contributed by atoms with Gasteiger partial charge in [-0.25, -0.2) is 4.39 Å². The van der Waals surface area contributed by atoms with Gasteiger partial charge in [-0.15, -0.1) is 0 Å². The van der Waals surface area contributed by atoms with Gasteiger partial charge in [0.25, 0.3) is 5.91 Å². The third-order valence-electron chi connectivity index (χ3n) is 2.80. The van der Waals surface area contributed by atoms with Gasteiger partial charge in [-0.1, -0.05) is 35.4 Å². The zero-order valence-electron chi connectivity index (χ0n) is 11.5. The van der Waals surface area contributed by atoms with Crippen LogP contribution < -0.4 is 5.32 Å². The zero-order chi connectivity index (χ0) is 14.5. The molecule has 0 heterocycles. The second-order valence-corrected chi connectivity index (χ2v) is 4.72. The molecule has 0 fully saturated rings. The number of amides is 1. The number of rotatable bonds is 3. The first kappa shape index (κ1) is 14.0. The van der Waals surface area contributed by atoms with Gasteiger partial charge in [-0.05, 0) is 38.1 Å². The van der Waals surface area contributed by atoms with Crippen molar-refractivity contribution in [3.63, 3.8) is 0 Å². The van der Waals surface area contributed by atoms with Crippen molar-refractivity contribution in [2.45, 2.75) is 13.8 Å². The van der Waals surface area contributed by atoms with Gasteiger partial charge < -0.3 is 5.32 Å². The Balaban J connectivity index is 2.15. The summed E-state index contributed by atoms with van der Waals surface area (Å²) in [5, 5.41) is 2.62. The molecular weight excluding hydrogens is 253 g/mol. The molecule has 102 valence electrons. The maximum Gasteiger partial charge on any atom is 0.251 e.